The number of benzene rings is 2. The van der Waals surface area contributed by atoms with Crippen LogP contribution in [0.5, 0.6) is 0 Å². The monoisotopic (exact) mass is 440 g/mol. The van der Waals surface area contributed by atoms with Gasteiger partial charge in [0.25, 0.3) is 0 Å². The van der Waals surface area contributed by atoms with Gasteiger partial charge in [0.1, 0.15) is 12.2 Å². The third-order valence-electron chi connectivity index (χ3n) is 5.27. The molecule has 0 fully saturated rings. The largest absolute Gasteiger partial charge is 0.478 e. The topological polar surface area (TPSA) is 114 Å². The predicted molar refractivity (Wildman–Crippen MR) is 118 cm³/mol. The Hall–Kier alpha value is -3.55. The summed E-state index contributed by atoms with van der Waals surface area (Å²) in [6, 6.07) is 15.8. The minimum Gasteiger partial charge on any atom is -0.478 e. The molecular formula is C24H28N2O6. The molecule has 0 saturated carbocycles. The lowest BCUT2D eigenvalue weighted by Gasteiger charge is -2.31. The van der Waals surface area contributed by atoms with Crippen molar-refractivity contribution in [3.05, 3.63) is 59.7 Å². The van der Waals surface area contributed by atoms with Crippen molar-refractivity contribution >= 4 is 18.2 Å². The van der Waals surface area contributed by atoms with E-state index in [1.54, 1.807) is 20.8 Å². The Balaban J connectivity index is 1.72. The highest BCUT2D eigenvalue weighted by molar-refractivity contribution is 5.88. The molecular weight excluding hydrogens is 412 g/mol. The number of carbonyl (C=O) groups excluding carboxylic acids is 2. The van der Waals surface area contributed by atoms with Crippen LogP contribution in [0.15, 0.2) is 48.5 Å². The first-order chi connectivity index (χ1) is 15.1. The summed E-state index contributed by atoms with van der Waals surface area (Å²) in [7, 11) is 0. The number of carboxylic acid groups (broad SMARTS) is 1. The summed E-state index contributed by atoms with van der Waals surface area (Å²) in [5.74, 6) is -1.60. The van der Waals surface area contributed by atoms with Crippen LogP contribution < -0.4 is 10.6 Å². The molecule has 2 amide bonds. The molecule has 1 atom stereocenters. The van der Waals surface area contributed by atoms with Gasteiger partial charge in [0, 0.05) is 5.92 Å². The summed E-state index contributed by atoms with van der Waals surface area (Å²) < 4.78 is 10.6. The van der Waals surface area contributed by atoms with Crippen LogP contribution in [0, 0.1) is 0 Å². The van der Waals surface area contributed by atoms with Gasteiger partial charge >= 0.3 is 18.2 Å². The van der Waals surface area contributed by atoms with E-state index in [9.17, 15) is 19.5 Å². The number of nitrogens with one attached hydrogen (secondary N) is 2. The number of fused-ring (bicyclic) bond motifs is 3. The summed E-state index contributed by atoms with van der Waals surface area (Å²) in [6.45, 7) is 6.50. The molecule has 1 aliphatic rings. The van der Waals surface area contributed by atoms with E-state index in [1.807, 2.05) is 48.5 Å². The number of carbonyl (C=O) groups is 3. The summed E-state index contributed by atoms with van der Waals surface area (Å²) in [5, 5.41) is 14.3. The highest BCUT2D eigenvalue weighted by Gasteiger charge is 2.42. The maximum absolute atomic E-state index is 12.6. The maximum Gasteiger partial charge on any atom is 0.409 e. The van der Waals surface area contributed by atoms with E-state index in [2.05, 4.69) is 10.6 Å². The molecule has 0 bridgehead atoms. The van der Waals surface area contributed by atoms with Gasteiger partial charge in [-0.2, -0.15) is 0 Å². The van der Waals surface area contributed by atoms with Crippen molar-refractivity contribution in [2.75, 3.05) is 6.61 Å². The zero-order valence-corrected chi connectivity index (χ0v) is 18.6. The number of aliphatic carboxylic acids is 1. The van der Waals surface area contributed by atoms with Crippen molar-refractivity contribution in [1.82, 2.24) is 10.6 Å². The molecule has 0 spiro atoms. The number of rotatable bonds is 6. The summed E-state index contributed by atoms with van der Waals surface area (Å²) in [6.07, 6.45) is -2.03. The van der Waals surface area contributed by atoms with Crippen molar-refractivity contribution in [1.29, 1.82) is 0 Å². The van der Waals surface area contributed by atoms with Crippen molar-refractivity contribution in [3.8, 4) is 11.1 Å². The first kappa shape index (κ1) is 23.1. The predicted octanol–water partition coefficient (Wildman–Crippen LogP) is 4.24. The second-order valence-electron chi connectivity index (χ2n) is 8.64. The summed E-state index contributed by atoms with van der Waals surface area (Å²) in [5.41, 5.74) is 1.34. The summed E-state index contributed by atoms with van der Waals surface area (Å²) in [4.78, 5) is 36.7. The first-order valence-corrected chi connectivity index (χ1v) is 10.4. The quantitative estimate of drug-likeness (QED) is 0.579. The molecule has 0 aliphatic heterocycles. The fourth-order valence-electron chi connectivity index (χ4n) is 3.75. The molecule has 3 rings (SSSR count). The molecule has 32 heavy (non-hydrogen) atoms. The van der Waals surface area contributed by atoms with Crippen LogP contribution in [0.3, 0.4) is 0 Å². The molecule has 8 nitrogen and oxygen atoms in total. The van der Waals surface area contributed by atoms with Crippen molar-refractivity contribution < 1.29 is 29.0 Å². The van der Waals surface area contributed by atoms with Crippen LogP contribution in [0.4, 0.5) is 9.59 Å². The van der Waals surface area contributed by atoms with Crippen molar-refractivity contribution in [2.45, 2.75) is 51.3 Å². The average Bonchev–Trinajstić information content (AvgIpc) is 3.04. The van der Waals surface area contributed by atoms with Gasteiger partial charge in [0.15, 0.2) is 0 Å². The van der Waals surface area contributed by atoms with Gasteiger partial charge in [-0.05, 0) is 49.4 Å². The number of hydrogen-bond donors (Lipinski definition) is 3. The van der Waals surface area contributed by atoms with E-state index in [0.717, 1.165) is 22.3 Å². The second kappa shape index (κ2) is 8.90. The Morgan fingerprint density at radius 2 is 1.41 bits per heavy atom. The van der Waals surface area contributed by atoms with Gasteiger partial charge in [-0.1, -0.05) is 55.5 Å². The second-order valence-corrected chi connectivity index (χ2v) is 8.64. The third kappa shape index (κ3) is 4.85. The minimum atomic E-state index is -2.06. The Bertz CT molecular complexity index is 984. The van der Waals surface area contributed by atoms with Crippen LogP contribution in [-0.4, -0.2) is 41.1 Å². The van der Waals surface area contributed by atoms with E-state index in [4.69, 9.17) is 9.47 Å². The molecule has 0 radical (unpaired) electrons. The molecule has 1 aliphatic carbocycles. The molecule has 2 aromatic rings. The van der Waals surface area contributed by atoms with Gasteiger partial charge in [-0.3, -0.25) is 10.6 Å². The number of carboxylic acids is 1. The molecule has 170 valence electrons. The highest BCUT2D eigenvalue weighted by Crippen LogP contribution is 2.44. The van der Waals surface area contributed by atoms with E-state index in [-0.39, 0.29) is 18.9 Å². The van der Waals surface area contributed by atoms with E-state index >= 15 is 0 Å². The summed E-state index contributed by atoms with van der Waals surface area (Å²) >= 11 is 0. The SMILES string of the molecule is CC[C@@](NC(=O)OCC1c2ccccc2-c2ccccc21)(NC(=O)OC(C)(C)C)C(=O)O. The Labute approximate surface area is 186 Å². The van der Waals surface area contributed by atoms with Crippen LogP contribution in [-0.2, 0) is 14.3 Å². The first-order valence-electron chi connectivity index (χ1n) is 10.4. The number of alkyl carbamates (subject to hydrolysis) is 2. The lowest BCUT2D eigenvalue weighted by atomic mass is 9.98. The number of ether oxygens (including phenoxy) is 2. The number of amides is 2. The van der Waals surface area contributed by atoms with Gasteiger partial charge < -0.3 is 14.6 Å². The molecule has 0 heterocycles. The smallest absolute Gasteiger partial charge is 0.409 e. The van der Waals surface area contributed by atoms with Crippen LogP contribution in [0.25, 0.3) is 11.1 Å². The Morgan fingerprint density at radius 1 is 0.906 bits per heavy atom. The molecule has 8 heteroatoms. The van der Waals surface area contributed by atoms with E-state index < -0.39 is 29.4 Å². The molecule has 3 N–H and O–H groups in total. The van der Waals surface area contributed by atoms with Crippen LogP contribution in [0.2, 0.25) is 0 Å². The third-order valence-corrected chi connectivity index (χ3v) is 5.27. The van der Waals surface area contributed by atoms with E-state index in [1.165, 1.54) is 6.92 Å². The van der Waals surface area contributed by atoms with Gasteiger partial charge in [-0.25, -0.2) is 14.4 Å². The van der Waals surface area contributed by atoms with Gasteiger partial charge in [-0.15, -0.1) is 0 Å². The van der Waals surface area contributed by atoms with E-state index in [0.29, 0.717) is 0 Å². The Kier molecular flexibility index (Phi) is 6.43. The van der Waals surface area contributed by atoms with Crippen molar-refractivity contribution in [2.24, 2.45) is 0 Å². The zero-order chi connectivity index (χ0) is 23.5. The minimum absolute atomic E-state index is 0.0196. The maximum atomic E-state index is 12.6. The van der Waals surface area contributed by atoms with Crippen LogP contribution in [0.1, 0.15) is 51.2 Å². The lowest BCUT2D eigenvalue weighted by Crippen LogP contribution is -2.65. The zero-order valence-electron chi connectivity index (χ0n) is 18.6. The Morgan fingerprint density at radius 3 is 1.88 bits per heavy atom. The fourth-order valence-corrected chi connectivity index (χ4v) is 3.75. The fraction of sp³-hybridized carbons (Fsp3) is 0.375. The highest BCUT2D eigenvalue weighted by atomic mass is 16.6. The van der Waals surface area contributed by atoms with Crippen LogP contribution >= 0.6 is 0 Å². The average molecular weight is 440 g/mol. The van der Waals surface area contributed by atoms with Crippen molar-refractivity contribution in [3.63, 3.8) is 0 Å². The molecule has 2 aromatic carbocycles. The lowest BCUT2D eigenvalue weighted by molar-refractivity contribution is -0.146. The molecule has 0 unspecified atom stereocenters. The molecule has 0 saturated heterocycles. The van der Waals surface area contributed by atoms with Gasteiger partial charge in [0.2, 0.25) is 5.66 Å². The van der Waals surface area contributed by atoms with Gasteiger partial charge in [0.05, 0.1) is 0 Å². The number of hydrogen-bond acceptors (Lipinski definition) is 5. The normalized spacial score (nSPS) is 14.5. The standard InChI is InChI=1S/C24H28N2O6/c1-5-24(20(27)28,26-22(30)32-23(2,3)4)25-21(29)31-14-19-17-12-8-6-10-15(17)16-11-7-9-13-18(16)19/h6-13,19H,5,14H2,1-4H3,(H,25,29)(H,26,30)(H,27,28)/t24-/m1/s1. The molecule has 0 aromatic heterocycles.